The van der Waals surface area contributed by atoms with E-state index in [-0.39, 0.29) is 11.3 Å². The molecule has 3 unspecified atom stereocenters. The van der Waals surface area contributed by atoms with Crippen LogP contribution in [0.1, 0.15) is 37.8 Å². The monoisotopic (exact) mass is 243 g/mol. The SMILES string of the molecule is Cc1ccc(C(C)NCCC(C)S(C)=O)o1. The molecule has 0 aliphatic rings. The molecule has 4 heteroatoms. The van der Waals surface area contributed by atoms with Crippen LogP contribution in [-0.2, 0) is 10.8 Å². The predicted octanol–water partition coefficient (Wildman–Crippen LogP) is 2.40. The topological polar surface area (TPSA) is 42.2 Å². The van der Waals surface area contributed by atoms with Gasteiger partial charge in [-0.15, -0.1) is 0 Å². The van der Waals surface area contributed by atoms with Crippen LogP contribution in [-0.4, -0.2) is 22.3 Å². The van der Waals surface area contributed by atoms with Crippen molar-refractivity contribution in [3.8, 4) is 0 Å². The van der Waals surface area contributed by atoms with Crippen molar-refractivity contribution in [1.29, 1.82) is 0 Å². The van der Waals surface area contributed by atoms with Gasteiger partial charge in [-0.05, 0) is 38.9 Å². The molecule has 1 heterocycles. The molecule has 0 saturated carbocycles. The minimum absolute atomic E-state index is 0.214. The van der Waals surface area contributed by atoms with Gasteiger partial charge in [0.1, 0.15) is 11.5 Å². The van der Waals surface area contributed by atoms with Gasteiger partial charge in [0.2, 0.25) is 0 Å². The first-order valence-corrected chi connectivity index (χ1v) is 7.24. The van der Waals surface area contributed by atoms with Crippen LogP contribution >= 0.6 is 0 Å². The van der Waals surface area contributed by atoms with E-state index in [1.807, 2.05) is 26.0 Å². The van der Waals surface area contributed by atoms with Gasteiger partial charge in [-0.25, -0.2) is 0 Å². The molecule has 16 heavy (non-hydrogen) atoms. The van der Waals surface area contributed by atoms with Crippen molar-refractivity contribution >= 4 is 10.8 Å². The molecule has 1 aromatic heterocycles. The Kier molecular flexibility index (Phi) is 5.22. The van der Waals surface area contributed by atoms with Gasteiger partial charge < -0.3 is 9.73 Å². The minimum atomic E-state index is -0.729. The average molecular weight is 243 g/mol. The Balaban J connectivity index is 2.30. The highest BCUT2D eigenvalue weighted by Crippen LogP contribution is 2.15. The zero-order valence-corrected chi connectivity index (χ0v) is 11.3. The van der Waals surface area contributed by atoms with Gasteiger partial charge in [-0.1, -0.05) is 6.92 Å². The van der Waals surface area contributed by atoms with Crippen molar-refractivity contribution in [2.24, 2.45) is 0 Å². The number of aryl methyl sites for hydroxylation is 1. The zero-order chi connectivity index (χ0) is 12.1. The van der Waals surface area contributed by atoms with E-state index in [1.165, 1.54) is 0 Å². The number of furan rings is 1. The molecule has 0 fully saturated rings. The fourth-order valence-electron chi connectivity index (χ4n) is 1.46. The number of nitrogens with one attached hydrogen (secondary N) is 1. The molecule has 0 aliphatic carbocycles. The maximum atomic E-state index is 11.2. The average Bonchev–Trinajstić information content (AvgIpc) is 2.64. The highest BCUT2D eigenvalue weighted by atomic mass is 32.2. The summed E-state index contributed by atoms with van der Waals surface area (Å²) in [6.45, 7) is 6.89. The summed E-state index contributed by atoms with van der Waals surface area (Å²) in [5.41, 5.74) is 0. The summed E-state index contributed by atoms with van der Waals surface area (Å²) in [7, 11) is -0.729. The maximum absolute atomic E-state index is 11.2. The van der Waals surface area contributed by atoms with E-state index >= 15 is 0 Å². The van der Waals surface area contributed by atoms with Crippen molar-refractivity contribution in [1.82, 2.24) is 5.32 Å². The molecule has 0 amide bonds. The number of rotatable bonds is 6. The molecule has 0 aliphatic heterocycles. The predicted molar refractivity (Wildman–Crippen MR) is 68.0 cm³/mol. The van der Waals surface area contributed by atoms with E-state index in [4.69, 9.17) is 4.42 Å². The Labute approximate surface area is 100 Å². The summed E-state index contributed by atoms with van der Waals surface area (Å²) in [4.78, 5) is 0. The highest BCUT2D eigenvalue weighted by Gasteiger charge is 2.10. The summed E-state index contributed by atoms with van der Waals surface area (Å²) in [5, 5.41) is 3.62. The fourth-order valence-corrected chi connectivity index (χ4v) is 1.91. The highest BCUT2D eigenvalue weighted by molar-refractivity contribution is 7.84. The third-order valence-corrected chi connectivity index (χ3v) is 4.12. The number of hydrogen-bond donors (Lipinski definition) is 1. The van der Waals surface area contributed by atoms with Crippen molar-refractivity contribution in [2.45, 2.75) is 38.5 Å². The Morgan fingerprint density at radius 2 is 2.12 bits per heavy atom. The van der Waals surface area contributed by atoms with Gasteiger partial charge in [0.25, 0.3) is 0 Å². The van der Waals surface area contributed by atoms with Crippen molar-refractivity contribution in [3.63, 3.8) is 0 Å². The Hall–Kier alpha value is -0.610. The second-order valence-corrected chi connectivity index (χ2v) is 6.02. The van der Waals surface area contributed by atoms with Crippen LogP contribution in [0, 0.1) is 6.92 Å². The molecule has 0 saturated heterocycles. The summed E-state index contributed by atoms with van der Waals surface area (Å²) in [6.07, 6.45) is 2.68. The molecule has 3 nitrogen and oxygen atoms in total. The largest absolute Gasteiger partial charge is 0.465 e. The third-order valence-electron chi connectivity index (χ3n) is 2.76. The van der Waals surface area contributed by atoms with Crippen molar-refractivity contribution in [3.05, 3.63) is 23.7 Å². The van der Waals surface area contributed by atoms with E-state index in [1.54, 1.807) is 6.26 Å². The first kappa shape index (κ1) is 13.5. The molecular weight excluding hydrogens is 222 g/mol. The number of hydrogen-bond acceptors (Lipinski definition) is 3. The van der Waals surface area contributed by atoms with E-state index in [0.717, 1.165) is 24.5 Å². The maximum Gasteiger partial charge on any atom is 0.120 e. The lowest BCUT2D eigenvalue weighted by molar-refractivity contribution is 0.415. The molecule has 0 aromatic carbocycles. The normalized spacial score (nSPS) is 17.0. The minimum Gasteiger partial charge on any atom is -0.465 e. The molecule has 92 valence electrons. The van der Waals surface area contributed by atoms with Crippen LogP contribution in [0.2, 0.25) is 0 Å². The van der Waals surface area contributed by atoms with Crippen LogP contribution in [0.15, 0.2) is 16.5 Å². The molecule has 1 N–H and O–H groups in total. The van der Waals surface area contributed by atoms with Crippen molar-refractivity contribution < 1.29 is 8.63 Å². The summed E-state index contributed by atoms with van der Waals surface area (Å²) >= 11 is 0. The first-order valence-electron chi connectivity index (χ1n) is 5.62. The van der Waals surface area contributed by atoms with Crippen LogP contribution in [0.3, 0.4) is 0 Å². The lowest BCUT2D eigenvalue weighted by atomic mass is 10.2. The molecular formula is C12H21NO2S. The first-order chi connectivity index (χ1) is 7.50. The van der Waals surface area contributed by atoms with Gasteiger partial charge in [0, 0.05) is 22.3 Å². The van der Waals surface area contributed by atoms with Gasteiger partial charge >= 0.3 is 0 Å². The van der Waals surface area contributed by atoms with Crippen LogP contribution < -0.4 is 5.32 Å². The quantitative estimate of drug-likeness (QED) is 0.834. The second kappa shape index (κ2) is 6.21. The third kappa shape index (κ3) is 4.10. The van der Waals surface area contributed by atoms with Gasteiger partial charge in [0.05, 0.1) is 6.04 Å². The smallest absolute Gasteiger partial charge is 0.120 e. The lowest BCUT2D eigenvalue weighted by Crippen LogP contribution is -2.23. The summed E-state index contributed by atoms with van der Waals surface area (Å²) in [6, 6.07) is 4.18. The van der Waals surface area contributed by atoms with Crippen molar-refractivity contribution in [2.75, 3.05) is 12.8 Å². The molecule has 0 radical (unpaired) electrons. The second-order valence-electron chi connectivity index (χ2n) is 4.22. The summed E-state index contributed by atoms with van der Waals surface area (Å²) in [5.74, 6) is 1.90. The molecule has 3 atom stereocenters. The van der Waals surface area contributed by atoms with E-state index in [2.05, 4.69) is 12.2 Å². The standard InChI is InChI=1S/C12H21NO2S/c1-9-5-6-12(15-9)11(3)13-8-7-10(2)16(4)14/h5-6,10-11,13H,7-8H2,1-4H3. The molecule has 1 rings (SSSR count). The fraction of sp³-hybridized carbons (Fsp3) is 0.667. The Morgan fingerprint density at radius 3 is 2.62 bits per heavy atom. The lowest BCUT2D eigenvalue weighted by Gasteiger charge is -2.13. The summed E-state index contributed by atoms with van der Waals surface area (Å²) < 4.78 is 16.7. The van der Waals surface area contributed by atoms with E-state index in [9.17, 15) is 4.21 Å². The molecule has 0 bridgehead atoms. The van der Waals surface area contributed by atoms with Gasteiger partial charge in [-0.3, -0.25) is 4.21 Å². The Morgan fingerprint density at radius 1 is 1.44 bits per heavy atom. The van der Waals surface area contributed by atoms with Crippen LogP contribution in [0.5, 0.6) is 0 Å². The van der Waals surface area contributed by atoms with Gasteiger partial charge in [-0.2, -0.15) is 0 Å². The van der Waals surface area contributed by atoms with E-state index in [0.29, 0.717) is 0 Å². The molecule has 1 aromatic rings. The van der Waals surface area contributed by atoms with Crippen LogP contribution in [0.4, 0.5) is 0 Å². The van der Waals surface area contributed by atoms with Crippen LogP contribution in [0.25, 0.3) is 0 Å². The van der Waals surface area contributed by atoms with Gasteiger partial charge in [0.15, 0.2) is 0 Å². The Bertz CT molecular complexity index is 349. The zero-order valence-electron chi connectivity index (χ0n) is 10.4. The molecule has 0 spiro atoms. The van der Waals surface area contributed by atoms with E-state index < -0.39 is 10.8 Å².